The van der Waals surface area contributed by atoms with Crippen LogP contribution in [0.2, 0.25) is 0 Å². The van der Waals surface area contributed by atoms with Crippen molar-refractivity contribution in [1.82, 2.24) is 15.1 Å². The first-order chi connectivity index (χ1) is 16.1. The molecule has 3 rings (SSSR count). The lowest BCUT2D eigenvalue weighted by Crippen LogP contribution is -2.55. The minimum absolute atomic E-state index is 0.0128. The summed E-state index contributed by atoms with van der Waals surface area (Å²) >= 11 is 0. The smallest absolute Gasteiger partial charge is 0.319 e. The summed E-state index contributed by atoms with van der Waals surface area (Å²) in [6, 6.07) is 16.4. The molecule has 1 saturated heterocycles. The molecule has 1 heterocycles. The molecule has 7 heteroatoms. The fraction of sp³-hybridized carbons (Fsp3) is 0.385. The van der Waals surface area contributed by atoms with Crippen LogP contribution in [0.15, 0.2) is 60.7 Å². The minimum Gasteiger partial charge on any atom is -0.497 e. The Bertz CT molecular complexity index is 907. The van der Waals surface area contributed by atoms with E-state index in [1.165, 1.54) is 5.56 Å². The third-order valence-electron chi connectivity index (χ3n) is 5.69. The maximum absolute atomic E-state index is 13.1. The normalized spacial score (nSPS) is 15.3. The van der Waals surface area contributed by atoms with Gasteiger partial charge in [-0.2, -0.15) is 0 Å². The standard InChI is InChI=1S/C26H34N4O3/c1-3-8-24(28-26(32)27-22-12-14-23(33-2)15-13-22)25(31)30-19-17-29(18-20-30)16-7-11-21-9-5-4-6-10-21/h4-7,9-15,24H,3,8,16-20H2,1-2H3,(H2,27,28,32)/b11-7+. The summed E-state index contributed by atoms with van der Waals surface area (Å²) in [5.41, 5.74) is 1.83. The van der Waals surface area contributed by atoms with Crippen LogP contribution in [0.3, 0.4) is 0 Å². The molecular weight excluding hydrogens is 416 g/mol. The molecule has 1 atom stereocenters. The van der Waals surface area contributed by atoms with Gasteiger partial charge in [0.25, 0.3) is 0 Å². The summed E-state index contributed by atoms with van der Waals surface area (Å²) in [6.07, 6.45) is 5.70. The lowest BCUT2D eigenvalue weighted by molar-refractivity contribution is -0.135. The van der Waals surface area contributed by atoms with Crippen LogP contribution >= 0.6 is 0 Å². The van der Waals surface area contributed by atoms with E-state index in [-0.39, 0.29) is 11.9 Å². The summed E-state index contributed by atoms with van der Waals surface area (Å²) in [5, 5.41) is 5.65. The van der Waals surface area contributed by atoms with Crippen LogP contribution in [-0.2, 0) is 4.79 Å². The van der Waals surface area contributed by atoms with Crippen LogP contribution in [0.1, 0.15) is 25.3 Å². The molecule has 3 amide bonds. The fourth-order valence-electron chi connectivity index (χ4n) is 3.82. The van der Waals surface area contributed by atoms with Gasteiger partial charge in [-0.1, -0.05) is 55.8 Å². The van der Waals surface area contributed by atoms with Crippen molar-refractivity contribution in [1.29, 1.82) is 0 Å². The predicted molar refractivity (Wildman–Crippen MR) is 132 cm³/mol. The van der Waals surface area contributed by atoms with Crippen molar-refractivity contribution in [2.24, 2.45) is 0 Å². The number of piperazine rings is 1. The van der Waals surface area contributed by atoms with Crippen LogP contribution in [0.5, 0.6) is 5.75 Å². The topological polar surface area (TPSA) is 73.9 Å². The second-order valence-electron chi connectivity index (χ2n) is 8.11. The Kier molecular flexibility index (Phi) is 9.32. The lowest BCUT2D eigenvalue weighted by Gasteiger charge is -2.36. The molecule has 0 aromatic heterocycles. The molecule has 0 bridgehead atoms. The van der Waals surface area contributed by atoms with Crippen molar-refractivity contribution >= 4 is 23.7 Å². The van der Waals surface area contributed by atoms with E-state index in [1.54, 1.807) is 31.4 Å². The number of benzene rings is 2. The van der Waals surface area contributed by atoms with E-state index in [1.807, 2.05) is 30.0 Å². The molecule has 1 fully saturated rings. The maximum Gasteiger partial charge on any atom is 0.319 e. The quantitative estimate of drug-likeness (QED) is 0.609. The van der Waals surface area contributed by atoms with Crippen molar-refractivity contribution in [2.75, 3.05) is 45.2 Å². The number of urea groups is 1. The van der Waals surface area contributed by atoms with Gasteiger partial charge in [0.05, 0.1) is 7.11 Å². The van der Waals surface area contributed by atoms with Gasteiger partial charge < -0.3 is 20.3 Å². The van der Waals surface area contributed by atoms with Gasteiger partial charge in [-0.25, -0.2) is 4.79 Å². The van der Waals surface area contributed by atoms with Crippen molar-refractivity contribution in [3.63, 3.8) is 0 Å². The average Bonchev–Trinajstić information content (AvgIpc) is 2.85. The largest absolute Gasteiger partial charge is 0.497 e. The second-order valence-corrected chi connectivity index (χ2v) is 8.11. The van der Waals surface area contributed by atoms with E-state index in [2.05, 4.69) is 39.8 Å². The number of amides is 3. The average molecular weight is 451 g/mol. The number of hydrogen-bond donors (Lipinski definition) is 2. The Labute approximate surface area is 196 Å². The summed E-state index contributed by atoms with van der Waals surface area (Å²) in [4.78, 5) is 29.8. The summed E-state index contributed by atoms with van der Waals surface area (Å²) in [6.45, 7) is 5.85. The van der Waals surface area contributed by atoms with Crippen molar-refractivity contribution in [3.8, 4) is 5.75 Å². The molecule has 2 N–H and O–H groups in total. The van der Waals surface area contributed by atoms with Crippen molar-refractivity contribution in [2.45, 2.75) is 25.8 Å². The van der Waals surface area contributed by atoms with Crippen LogP contribution in [0.25, 0.3) is 6.08 Å². The van der Waals surface area contributed by atoms with Gasteiger partial charge in [0.1, 0.15) is 11.8 Å². The van der Waals surface area contributed by atoms with Crippen molar-refractivity contribution in [3.05, 3.63) is 66.2 Å². The Morgan fingerprint density at radius 3 is 2.36 bits per heavy atom. The monoisotopic (exact) mass is 450 g/mol. The van der Waals surface area contributed by atoms with Gasteiger partial charge >= 0.3 is 6.03 Å². The van der Waals surface area contributed by atoms with E-state index in [9.17, 15) is 9.59 Å². The molecule has 1 unspecified atom stereocenters. The first kappa shape index (κ1) is 24.3. The third-order valence-corrected chi connectivity index (χ3v) is 5.69. The third kappa shape index (κ3) is 7.64. The fourth-order valence-corrected chi connectivity index (χ4v) is 3.82. The predicted octanol–water partition coefficient (Wildman–Crippen LogP) is 3.84. The van der Waals surface area contributed by atoms with Crippen LogP contribution < -0.4 is 15.4 Å². The number of nitrogens with zero attached hydrogens (tertiary/aromatic N) is 2. The number of methoxy groups -OCH3 is 1. The SMILES string of the molecule is CCCC(NC(=O)Nc1ccc(OC)cc1)C(=O)N1CCN(C/C=C/c2ccccc2)CC1. The highest BCUT2D eigenvalue weighted by Crippen LogP contribution is 2.15. The molecule has 2 aromatic rings. The molecule has 1 aliphatic heterocycles. The highest BCUT2D eigenvalue weighted by Gasteiger charge is 2.28. The van der Waals surface area contributed by atoms with Gasteiger partial charge in [0, 0.05) is 38.4 Å². The van der Waals surface area contributed by atoms with Crippen LogP contribution in [0.4, 0.5) is 10.5 Å². The molecule has 2 aromatic carbocycles. The van der Waals surface area contributed by atoms with Gasteiger partial charge in [-0.15, -0.1) is 0 Å². The molecule has 0 saturated carbocycles. The van der Waals surface area contributed by atoms with Gasteiger partial charge in [-0.3, -0.25) is 9.69 Å². The van der Waals surface area contributed by atoms with Crippen LogP contribution in [-0.4, -0.2) is 67.6 Å². The van der Waals surface area contributed by atoms with Crippen molar-refractivity contribution < 1.29 is 14.3 Å². The summed E-state index contributed by atoms with van der Waals surface area (Å²) in [7, 11) is 1.59. The Hall–Kier alpha value is -3.32. The molecule has 0 radical (unpaired) electrons. The van der Waals surface area contributed by atoms with E-state index >= 15 is 0 Å². The molecule has 176 valence electrons. The van der Waals surface area contributed by atoms with Crippen LogP contribution in [0, 0.1) is 0 Å². The molecule has 33 heavy (non-hydrogen) atoms. The summed E-state index contributed by atoms with van der Waals surface area (Å²) < 4.78 is 5.13. The van der Waals surface area contributed by atoms with Gasteiger partial charge in [0.15, 0.2) is 0 Å². The molecule has 1 aliphatic rings. The molecule has 7 nitrogen and oxygen atoms in total. The van der Waals surface area contributed by atoms with E-state index in [4.69, 9.17) is 4.74 Å². The minimum atomic E-state index is -0.530. The zero-order chi connectivity index (χ0) is 23.5. The Balaban J connectivity index is 1.47. The molecular formula is C26H34N4O3. The number of carbonyl (C=O) groups excluding carboxylic acids is 2. The van der Waals surface area contributed by atoms with E-state index in [0.717, 1.165) is 31.8 Å². The number of anilines is 1. The van der Waals surface area contributed by atoms with Gasteiger partial charge in [-0.05, 0) is 36.2 Å². The highest BCUT2D eigenvalue weighted by molar-refractivity contribution is 5.93. The van der Waals surface area contributed by atoms with E-state index < -0.39 is 6.04 Å². The zero-order valence-corrected chi connectivity index (χ0v) is 19.5. The lowest BCUT2D eigenvalue weighted by atomic mass is 10.1. The first-order valence-electron chi connectivity index (χ1n) is 11.5. The summed E-state index contributed by atoms with van der Waals surface area (Å²) in [5.74, 6) is 0.705. The Morgan fingerprint density at radius 1 is 1.03 bits per heavy atom. The van der Waals surface area contributed by atoms with E-state index in [0.29, 0.717) is 25.2 Å². The van der Waals surface area contributed by atoms with Gasteiger partial charge in [0.2, 0.25) is 5.91 Å². The number of nitrogens with one attached hydrogen (secondary N) is 2. The Morgan fingerprint density at radius 2 is 1.73 bits per heavy atom. The maximum atomic E-state index is 13.1. The number of hydrogen-bond acceptors (Lipinski definition) is 4. The second kappa shape index (κ2) is 12.6. The highest BCUT2D eigenvalue weighted by atomic mass is 16.5. The zero-order valence-electron chi connectivity index (χ0n) is 19.5. The number of ether oxygens (including phenoxy) is 1. The number of carbonyl (C=O) groups is 2. The first-order valence-corrected chi connectivity index (χ1v) is 11.5. The molecule has 0 aliphatic carbocycles. The molecule has 0 spiro atoms. The number of rotatable bonds is 9.